The highest BCUT2D eigenvalue weighted by Crippen LogP contribution is 2.56. The molecule has 2 heteroatoms. The molecule has 0 spiro atoms. The zero-order valence-electron chi connectivity index (χ0n) is 49.9. The molecule has 2 aliphatic carbocycles. The topological polar surface area (TPSA) is 25.8 Å². The zero-order valence-corrected chi connectivity index (χ0v) is 49.9. The Hall–Kier alpha value is -4.82. The van der Waals surface area contributed by atoms with E-state index in [0.717, 1.165) is 11.4 Å². The van der Waals surface area contributed by atoms with E-state index in [0.29, 0.717) is 0 Å². The molecule has 0 aliphatic heterocycles. The normalized spacial score (nSPS) is 13.6. The van der Waals surface area contributed by atoms with Gasteiger partial charge in [0, 0.05) is 23.2 Å². The summed E-state index contributed by atoms with van der Waals surface area (Å²) in [6.45, 7) is 9.29. The third kappa shape index (κ3) is 15.3. The van der Waals surface area contributed by atoms with E-state index in [2.05, 4.69) is 137 Å². The molecule has 2 aromatic heterocycles. The van der Waals surface area contributed by atoms with Gasteiger partial charge in [-0.15, -0.1) is 0 Å². The van der Waals surface area contributed by atoms with E-state index in [-0.39, 0.29) is 10.8 Å². The monoisotopic (exact) mass is 1040 g/mol. The standard InChI is InChI=1S/C76H104N2/c1-5-9-13-17-21-25-29-37-51-75(52-38-30-26-22-18-14-10-6-2)69-43-35-33-41-65(69)67-57-61(45-47-71(67)75)63-49-55-77-73(59-63)74-60-64(50-56-78-74)62-46-48-72-68(58-62)66-42-34-36-44-70(66)76(72,53-39-31-27-23-19-15-11-7-3)54-40-32-28-24-20-16-12-8-4/h33-36,41-50,55-60H,5-32,37-40,51-54H2,1-4H3. The lowest BCUT2D eigenvalue weighted by molar-refractivity contribution is 0.397. The summed E-state index contributed by atoms with van der Waals surface area (Å²) in [5.74, 6) is 0. The van der Waals surface area contributed by atoms with Gasteiger partial charge in [0.25, 0.3) is 0 Å². The summed E-state index contributed by atoms with van der Waals surface area (Å²) >= 11 is 0. The number of hydrogen-bond acceptors (Lipinski definition) is 2. The van der Waals surface area contributed by atoms with Gasteiger partial charge in [-0.05, 0) is 129 Å². The fourth-order valence-electron chi connectivity index (χ4n) is 14.4. The molecular formula is C76H104N2. The van der Waals surface area contributed by atoms with E-state index < -0.39 is 0 Å². The number of fused-ring (bicyclic) bond motifs is 6. The highest BCUT2D eigenvalue weighted by Gasteiger charge is 2.43. The molecule has 0 saturated carbocycles. The summed E-state index contributed by atoms with van der Waals surface area (Å²) in [4.78, 5) is 10.0. The number of benzene rings is 4. The van der Waals surface area contributed by atoms with Crippen molar-refractivity contribution in [2.75, 3.05) is 0 Å². The Morgan fingerprint density at radius 2 is 0.526 bits per heavy atom. The molecule has 418 valence electrons. The van der Waals surface area contributed by atoms with Crippen molar-refractivity contribution in [2.45, 2.75) is 270 Å². The molecule has 0 saturated heterocycles. The number of hydrogen-bond donors (Lipinski definition) is 0. The van der Waals surface area contributed by atoms with Crippen LogP contribution in [0.5, 0.6) is 0 Å². The molecule has 2 nitrogen and oxygen atoms in total. The van der Waals surface area contributed by atoms with Gasteiger partial charge >= 0.3 is 0 Å². The third-order valence-electron chi connectivity index (χ3n) is 18.8. The Labute approximate surface area is 476 Å². The van der Waals surface area contributed by atoms with E-state index in [1.807, 2.05) is 12.4 Å². The Bertz CT molecular complexity index is 2460. The van der Waals surface area contributed by atoms with Crippen molar-refractivity contribution in [3.63, 3.8) is 0 Å². The predicted molar refractivity (Wildman–Crippen MR) is 340 cm³/mol. The lowest BCUT2D eigenvalue weighted by Crippen LogP contribution is -2.25. The largest absolute Gasteiger partial charge is 0.255 e. The summed E-state index contributed by atoms with van der Waals surface area (Å²) in [7, 11) is 0. The molecular weight excluding hydrogens is 941 g/mol. The molecule has 0 radical (unpaired) electrons. The summed E-state index contributed by atoms with van der Waals surface area (Å²) in [5.41, 5.74) is 19.0. The van der Waals surface area contributed by atoms with Crippen LogP contribution in [0.25, 0.3) is 55.9 Å². The minimum atomic E-state index is 0.0876. The van der Waals surface area contributed by atoms with Crippen molar-refractivity contribution in [1.29, 1.82) is 0 Å². The molecule has 0 bridgehead atoms. The molecule has 0 unspecified atom stereocenters. The first-order chi connectivity index (χ1) is 38.6. The van der Waals surface area contributed by atoms with Crippen molar-refractivity contribution >= 4 is 0 Å². The minimum absolute atomic E-state index is 0.0876. The van der Waals surface area contributed by atoms with Crippen LogP contribution in [0.3, 0.4) is 0 Å². The first-order valence-electron chi connectivity index (χ1n) is 33.0. The second kappa shape index (κ2) is 31.8. The van der Waals surface area contributed by atoms with Gasteiger partial charge in [-0.3, -0.25) is 9.97 Å². The molecule has 0 amide bonds. The smallest absolute Gasteiger partial charge is 0.0892 e. The van der Waals surface area contributed by atoms with Crippen LogP contribution in [0.15, 0.2) is 122 Å². The van der Waals surface area contributed by atoms with E-state index in [9.17, 15) is 0 Å². The van der Waals surface area contributed by atoms with E-state index in [1.54, 1.807) is 22.3 Å². The maximum Gasteiger partial charge on any atom is 0.0892 e. The van der Waals surface area contributed by atoms with Crippen molar-refractivity contribution in [1.82, 2.24) is 9.97 Å². The summed E-state index contributed by atoms with van der Waals surface area (Å²) in [6, 6.07) is 42.9. The van der Waals surface area contributed by atoms with Gasteiger partial charge < -0.3 is 0 Å². The Balaban J connectivity index is 1.02. The van der Waals surface area contributed by atoms with Crippen LogP contribution in [-0.2, 0) is 10.8 Å². The number of aromatic nitrogens is 2. The van der Waals surface area contributed by atoms with Gasteiger partial charge in [0.15, 0.2) is 0 Å². The molecule has 4 aromatic carbocycles. The number of nitrogens with zero attached hydrogens (tertiary/aromatic N) is 2. The van der Waals surface area contributed by atoms with E-state index in [4.69, 9.17) is 9.97 Å². The van der Waals surface area contributed by atoms with E-state index in [1.165, 1.54) is 276 Å². The molecule has 8 rings (SSSR count). The zero-order chi connectivity index (χ0) is 54.1. The van der Waals surface area contributed by atoms with E-state index >= 15 is 0 Å². The third-order valence-corrected chi connectivity index (χ3v) is 18.8. The fraction of sp³-hybridized carbons (Fsp3) is 0.553. The highest BCUT2D eigenvalue weighted by atomic mass is 14.8. The lowest BCUT2D eigenvalue weighted by Gasteiger charge is -2.33. The van der Waals surface area contributed by atoms with Gasteiger partial charge in [0.2, 0.25) is 0 Å². The van der Waals surface area contributed by atoms with Crippen LogP contribution in [0.2, 0.25) is 0 Å². The lowest BCUT2D eigenvalue weighted by atomic mass is 9.70. The van der Waals surface area contributed by atoms with Crippen LogP contribution in [0.1, 0.15) is 281 Å². The Morgan fingerprint density at radius 3 is 0.846 bits per heavy atom. The van der Waals surface area contributed by atoms with Crippen LogP contribution in [-0.4, -0.2) is 9.97 Å². The molecule has 6 aromatic rings. The highest BCUT2D eigenvalue weighted by molar-refractivity contribution is 5.87. The van der Waals surface area contributed by atoms with Crippen LogP contribution < -0.4 is 0 Å². The quantitative estimate of drug-likeness (QED) is 0.0360. The Morgan fingerprint density at radius 1 is 0.256 bits per heavy atom. The average Bonchev–Trinajstić information content (AvgIpc) is 4.13. The van der Waals surface area contributed by atoms with Crippen LogP contribution in [0.4, 0.5) is 0 Å². The second-order valence-corrected chi connectivity index (χ2v) is 24.5. The molecule has 2 heterocycles. The molecule has 2 aliphatic rings. The number of unbranched alkanes of at least 4 members (excludes halogenated alkanes) is 28. The van der Waals surface area contributed by atoms with Crippen molar-refractivity contribution in [3.05, 3.63) is 144 Å². The Kier molecular flexibility index (Phi) is 24.2. The average molecular weight is 1050 g/mol. The molecule has 0 fully saturated rings. The van der Waals surface area contributed by atoms with Gasteiger partial charge in [-0.2, -0.15) is 0 Å². The van der Waals surface area contributed by atoms with Crippen LogP contribution >= 0.6 is 0 Å². The summed E-state index contributed by atoms with van der Waals surface area (Å²) in [6.07, 6.45) is 52.6. The van der Waals surface area contributed by atoms with Crippen molar-refractivity contribution < 1.29 is 0 Å². The maximum absolute atomic E-state index is 5.00. The van der Waals surface area contributed by atoms with Crippen LogP contribution in [0, 0.1) is 0 Å². The summed E-state index contributed by atoms with van der Waals surface area (Å²) < 4.78 is 0. The van der Waals surface area contributed by atoms with Gasteiger partial charge in [-0.1, -0.05) is 306 Å². The number of rotatable bonds is 39. The minimum Gasteiger partial charge on any atom is -0.255 e. The number of pyridine rings is 2. The molecule has 0 N–H and O–H groups in total. The SMILES string of the molecule is CCCCCCCCCCC1(CCCCCCCCCC)c2ccccc2-c2cc(-c3ccnc(-c4cc(-c5ccc6c(c5)-c5ccccc5C6(CCCCCCCCCC)CCCCCCCCCC)ccn4)c3)ccc21. The second-order valence-electron chi connectivity index (χ2n) is 24.5. The van der Waals surface area contributed by atoms with Gasteiger partial charge in [0.05, 0.1) is 11.4 Å². The van der Waals surface area contributed by atoms with Crippen molar-refractivity contribution in [3.8, 4) is 55.9 Å². The first-order valence-corrected chi connectivity index (χ1v) is 33.0. The molecule has 78 heavy (non-hydrogen) atoms. The summed E-state index contributed by atoms with van der Waals surface area (Å²) in [5, 5.41) is 0. The molecule has 0 atom stereocenters. The maximum atomic E-state index is 5.00. The van der Waals surface area contributed by atoms with Gasteiger partial charge in [0.1, 0.15) is 0 Å². The fourth-order valence-corrected chi connectivity index (χ4v) is 14.4. The van der Waals surface area contributed by atoms with Crippen molar-refractivity contribution in [2.24, 2.45) is 0 Å². The first kappa shape index (κ1) is 59.3. The van der Waals surface area contributed by atoms with Gasteiger partial charge in [-0.25, -0.2) is 0 Å². The predicted octanol–water partition coefficient (Wildman–Crippen LogP) is 24.1.